The van der Waals surface area contributed by atoms with Crippen LogP contribution in [0.15, 0.2) is 18.2 Å². The molecule has 1 aliphatic rings. The van der Waals surface area contributed by atoms with Crippen molar-refractivity contribution < 1.29 is 27.8 Å². The lowest BCUT2D eigenvalue weighted by Crippen LogP contribution is -2.42. The highest BCUT2D eigenvalue weighted by molar-refractivity contribution is 5.73. The fourth-order valence-corrected chi connectivity index (χ4v) is 4.11. The quantitative estimate of drug-likeness (QED) is 0.531. The van der Waals surface area contributed by atoms with Crippen molar-refractivity contribution in [1.29, 1.82) is 0 Å². The van der Waals surface area contributed by atoms with Gasteiger partial charge in [0.05, 0.1) is 6.42 Å². The second-order valence-electron chi connectivity index (χ2n) is 10.3. The van der Waals surface area contributed by atoms with E-state index in [4.69, 9.17) is 9.47 Å². The van der Waals surface area contributed by atoms with Gasteiger partial charge in [-0.25, -0.2) is 13.6 Å². The van der Waals surface area contributed by atoms with Crippen LogP contribution in [0.25, 0.3) is 0 Å². The number of halogens is 2. The number of benzene rings is 1. The van der Waals surface area contributed by atoms with E-state index in [0.29, 0.717) is 11.8 Å². The van der Waals surface area contributed by atoms with Gasteiger partial charge in [0.1, 0.15) is 23.3 Å². The standard InChI is InChI=1S/C25H37F2NO4/c1-15(2)17-8-7-16(3)22(13-17)31-23(29)14-20(28-24(30)32-25(4,5)6)12-18-11-19(26)9-10-21(18)27/h9-11,15-17,20,22H,7-8,12-14H2,1-6H3,(H,28,30)/t16-,17?,20?,22+/m0/s1. The van der Waals surface area contributed by atoms with Gasteiger partial charge >= 0.3 is 12.1 Å². The van der Waals surface area contributed by atoms with Gasteiger partial charge in [-0.3, -0.25) is 4.79 Å². The highest BCUT2D eigenvalue weighted by atomic mass is 19.1. The van der Waals surface area contributed by atoms with E-state index in [1.807, 2.05) is 0 Å². The summed E-state index contributed by atoms with van der Waals surface area (Å²) in [4.78, 5) is 25.1. The van der Waals surface area contributed by atoms with Gasteiger partial charge in [-0.15, -0.1) is 0 Å². The molecule has 0 radical (unpaired) electrons. The Bertz CT molecular complexity index is 791. The molecule has 1 fully saturated rings. The van der Waals surface area contributed by atoms with Crippen LogP contribution in [0.5, 0.6) is 0 Å². The van der Waals surface area contributed by atoms with Gasteiger partial charge in [-0.05, 0) is 88.0 Å². The van der Waals surface area contributed by atoms with Gasteiger partial charge in [0.2, 0.25) is 0 Å². The van der Waals surface area contributed by atoms with Gasteiger partial charge in [0, 0.05) is 6.04 Å². The summed E-state index contributed by atoms with van der Waals surface area (Å²) < 4.78 is 38.9. The Labute approximate surface area is 190 Å². The zero-order valence-electron chi connectivity index (χ0n) is 20.0. The van der Waals surface area contributed by atoms with Gasteiger partial charge < -0.3 is 14.8 Å². The fraction of sp³-hybridized carbons (Fsp3) is 0.680. The third-order valence-corrected chi connectivity index (χ3v) is 6.00. The molecule has 1 N–H and O–H groups in total. The molecule has 0 spiro atoms. The van der Waals surface area contributed by atoms with Crippen LogP contribution in [-0.4, -0.2) is 29.8 Å². The molecule has 0 aromatic heterocycles. The summed E-state index contributed by atoms with van der Waals surface area (Å²) in [5.74, 6) is -0.384. The number of carbonyl (C=O) groups excluding carboxylic acids is 2. The highest BCUT2D eigenvalue weighted by Crippen LogP contribution is 2.35. The number of nitrogens with one attached hydrogen (secondary N) is 1. The minimum Gasteiger partial charge on any atom is -0.462 e. The van der Waals surface area contributed by atoms with Crippen molar-refractivity contribution >= 4 is 12.1 Å². The summed E-state index contributed by atoms with van der Waals surface area (Å²) in [6.45, 7) is 11.6. The molecule has 4 atom stereocenters. The van der Waals surface area contributed by atoms with Crippen LogP contribution in [-0.2, 0) is 20.7 Å². The maximum atomic E-state index is 14.2. The first-order valence-corrected chi connectivity index (χ1v) is 11.5. The molecular formula is C25H37F2NO4. The van der Waals surface area contributed by atoms with E-state index in [9.17, 15) is 18.4 Å². The Balaban J connectivity index is 2.09. The van der Waals surface area contributed by atoms with E-state index < -0.39 is 35.3 Å². The summed E-state index contributed by atoms with van der Waals surface area (Å²) >= 11 is 0. The van der Waals surface area contributed by atoms with Crippen molar-refractivity contribution in [1.82, 2.24) is 5.32 Å². The van der Waals surface area contributed by atoms with Crippen molar-refractivity contribution in [2.75, 3.05) is 0 Å². The average Bonchev–Trinajstić information content (AvgIpc) is 2.64. The predicted molar refractivity (Wildman–Crippen MR) is 119 cm³/mol. The lowest BCUT2D eigenvalue weighted by atomic mass is 9.76. The topological polar surface area (TPSA) is 64.6 Å². The lowest BCUT2D eigenvalue weighted by molar-refractivity contribution is -0.155. The van der Waals surface area contributed by atoms with Crippen molar-refractivity contribution in [2.24, 2.45) is 17.8 Å². The largest absolute Gasteiger partial charge is 0.462 e. The molecule has 2 rings (SSSR count). The van der Waals surface area contributed by atoms with Gasteiger partial charge in [0.25, 0.3) is 0 Å². The number of ether oxygens (including phenoxy) is 2. The number of rotatable bonds is 7. The summed E-state index contributed by atoms with van der Waals surface area (Å²) in [5.41, 5.74) is -0.660. The molecule has 0 saturated heterocycles. The second kappa shape index (κ2) is 11.1. The van der Waals surface area contributed by atoms with Crippen LogP contribution in [0, 0.1) is 29.4 Å². The number of carbonyl (C=O) groups is 2. The zero-order chi connectivity index (χ0) is 24.1. The molecule has 1 aromatic carbocycles. The summed E-state index contributed by atoms with van der Waals surface area (Å²) in [5, 5.41) is 2.62. The minimum atomic E-state index is -0.798. The van der Waals surface area contributed by atoms with Crippen LogP contribution >= 0.6 is 0 Å². The molecule has 2 unspecified atom stereocenters. The van der Waals surface area contributed by atoms with Crippen molar-refractivity contribution in [3.63, 3.8) is 0 Å². The molecule has 0 heterocycles. The van der Waals surface area contributed by atoms with E-state index in [1.165, 1.54) is 0 Å². The number of amides is 1. The second-order valence-corrected chi connectivity index (χ2v) is 10.3. The molecular weight excluding hydrogens is 416 g/mol. The number of esters is 1. The number of hydrogen-bond donors (Lipinski definition) is 1. The maximum absolute atomic E-state index is 14.2. The Morgan fingerprint density at radius 3 is 2.50 bits per heavy atom. The lowest BCUT2D eigenvalue weighted by Gasteiger charge is -2.36. The molecule has 180 valence electrons. The molecule has 5 nitrogen and oxygen atoms in total. The summed E-state index contributed by atoms with van der Waals surface area (Å²) in [6, 6.07) is 2.33. The summed E-state index contributed by atoms with van der Waals surface area (Å²) in [6.07, 6.45) is 1.79. The maximum Gasteiger partial charge on any atom is 0.407 e. The van der Waals surface area contributed by atoms with Gasteiger partial charge in [-0.1, -0.05) is 20.8 Å². The molecule has 32 heavy (non-hydrogen) atoms. The third kappa shape index (κ3) is 8.40. The Morgan fingerprint density at radius 1 is 1.19 bits per heavy atom. The Morgan fingerprint density at radius 2 is 1.88 bits per heavy atom. The Hall–Kier alpha value is -2.18. The molecule has 7 heteroatoms. The molecule has 1 saturated carbocycles. The van der Waals surface area contributed by atoms with Crippen molar-refractivity contribution in [3.8, 4) is 0 Å². The summed E-state index contributed by atoms with van der Waals surface area (Å²) in [7, 11) is 0. The third-order valence-electron chi connectivity index (χ3n) is 6.00. The van der Waals surface area contributed by atoms with E-state index in [1.54, 1.807) is 20.8 Å². The average molecular weight is 454 g/mol. The van der Waals surface area contributed by atoms with Crippen molar-refractivity contribution in [2.45, 2.75) is 91.4 Å². The van der Waals surface area contributed by atoms with Crippen LogP contribution in [0.4, 0.5) is 13.6 Å². The van der Waals surface area contributed by atoms with E-state index in [0.717, 1.165) is 37.5 Å². The van der Waals surface area contributed by atoms with Crippen molar-refractivity contribution in [3.05, 3.63) is 35.4 Å². The monoisotopic (exact) mass is 453 g/mol. The fourth-order valence-electron chi connectivity index (χ4n) is 4.11. The van der Waals surface area contributed by atoms with E-state index in [-0.39, 0.29) is 30.4 Å². The van der Waals surface area contributed by atoms with Crippen LogP contribution < -0.4 is 5.32 Å². The molecule has 0 bridgehead atoms. The SMILES string of the molecule is CC(C)C1CC[C@H](C)[C@H](OC(=O)CC(Cc2cc(F)ccc2F)NC(=O)OC(C)(C)C)C1. The van der Waals surface area contributed by atoms with Gasteiger partial charge in [0.15, 0.2) is 0 Å². The van der Waals surface area contributed by atoms with E-state index in [2.05, 4.69) is 26.1 Å². The molecule has 0 aliphatic heterocycles. The minimum absolute atomic E-state index is 0.0627. The predicted octanol–water partition coefficient (Wildman–Crippen LogP) is 5.79. The first kappa shape index (κ1) is 26.1. The first-order valence-electron chi connectivity index (χ1n) is 11.5. The smallest absolute Gasteiger partial charge is 0.407 e. The molecule has 1 aliphatic carbocycles. The molecule has 1 aromatic rings. The highest BCUT2D eigenvalue weighted by Gasteiger charge is 2.32. The zero-order valence-corrected chi connectivity index (χ0v) is 20.0. The first-order chi connectivity index (χ1) is 14.8. The normalized spacial score (nSPS) is 22.3. The number of hydrogen-bond acceptors (Lipinski definition) is 4. The Kier molecular flexibility index (Phi) is 9.05. The van der Waals surface area contributed by atoms with Crippen LogP contribution in [0.1, 0.15) is 72.8 Å². The van der Waals surface area contributed by atoms with Crippen LogP contribution in [0.2, 0.25) is 0 Å². The molecule has 1 amide bonds. The van der Waals surface area contributed by atoms with E-state index >= 15 is 0 Å². The number of alkyl carbamates (subject to hydrolysis) is 1. The van der Waals surface area contributed by atoms with Crippen LogP contribution in [0.3, 0.4) is 0 Å². The van der Waals surface area contributed by atoms with Gasteiger partial charge in [-0.2, -0.15) is 0 Å².